The van der Waals surface area contributed by atoms with E-state index in [1.54, 1.807) is 5.57 Å². The number of allylic oxidation sites excluding steroid dienone is 4. The molecular formula is C30H42O3. The van der Waals surface area contributed by atoms with Gasteiger partial charge in [0, 0.05) is 17.4 Å². The quantitative estimate of drug-likeness (QED) is 0.330. The van der Waals surface area contributed by atoms with Crippen molar-refractivity contribution in [1.29, 1.82) is 0 Å². The van der Waals surface area contributed by atoms with Crippen LogP contribution in [0.2, 0.25) is 0 Å². The molecule has 0 aromatic carbocycles. The third kappa shape index (κ3) is 2.99. The maximum atomic E-state index is 12.8. The molecule has 0 unspecified atom stereocenters. The van der Waals surface area contributed by atoms with E-state index in [1.165, 1.54) is 25.7 Å². The van der Waals surface area contributed by atoms with Crippen LogP contribution in [0.4, 0.5) is 0 Å². The molecule has 1 heterocycles. The number of fused-ring (bicyclic) bond motifs is 5. The van der Waals surface area contributed by atoms with Gasteiger partial charge in [-0.1, -0.05) is 53.2 Å². The smallest absolute Gasteiger partial charge is 0.339 e. The number of carbonyl (C=O) groups excluding carboxylic acids is 2. The Morgan fingerprint density at radius 2 is 1.79 bits per heavy atom. The summed E-state index contributed by atoms with van der Waals surface area (Å²) in [7, 11) is 0. The third-order valence-corrected chi connectivity index (χ3v) is 11.6. The van der Waals surface area contributed by atoms with Gasteiger partial charge in [-0.2, -0.15) is 0 Å². The number of rotatable bonds is 2. The van der Waals surface area contributed by atoms with Crippen molar-refractivity contribution in [3.8, 4) is 0 Å². The minimum Gasteiger partial charge on any atom is -0.423 e. The molecule has 0 bridgehead atoms. The number of carbonyl (C=O) groups is 2. The SMILES string of the molecule is CC1=C/C(=C\[C@H](C)[C@H]2CC[C@@]3(C)C4=CC[C@H]5C(C)(C)C(=O)CC[C@]5(C)[C@H]4CC[C@]23C)OC1=O. The molecule has 0 spiro atoms. The van der Waals surface area contributed by atoms with Crippen molar-refractivity contribution in [3.63, 3.8) is 0 Å². The van der Waals surface area contributed by atoms with Gasteiger partial charge in [0.2, 0.25) is 0 Å². The van der Waals surface area contributed by atoms with Crippen molar-refractivity contribution >= 4 is 11.8 Å². The Morgan fingerprint density at radius 3 is 2.45 bits per heavy atom. The summed E-state index contributed by atoms with van der Waals surface area (Å²) in [5.74, 6) is 3.01. The Labute approximate surface area is 200 Å². The standard InChI is InChI=1S/C30H42O3/c1-18(16-20-17-19(2)26(32)33-20)21-10-14-30(7)23-8-9-24-27(3,4)25(31)12-13-28(24,5)22(23)11-15-29(21,30)6/h8,16-18,21-22,24H,9-15H2,1-7H3/b20-16+/t18-,21+,22-,24-,28+,29+,30-/m0/s1. The largest absolute Gasteiger partial charge is 0.423 e. The highest BCUT2D eigenvalue weighted by atomic mass is 16.5. The summed E-state index contributed by atoms with van der Waals surface area (Å²) >= 11 is 0. The molecule has 0 radical (unpaired) electrons. The van der Waals surface area contributed by atoms with Gasteiger partial charge < -0.3 is 4.74 Å². The van der Waals surface area contributed by atoms with Crippen molar-refractivity contribution in [2.24, 2.45) is 45.3 Å². The molecule has 0 N–H and O–H groups in total. The number of ether oxygens (including phenoxy) is 1. The second kappa shape index (κ2) is 7.18. The molecule has 0 aromatic heterocycles. The maximum absolute atomic E-state index is 12.8. The molecule has 7 atom stereocenters. The molecule has 0 saturated heterocycles. The minimum absolute atomic E-state index is 0.208. The number of ketones is 1. The fourth-order valence-electron chi connectivity index (χ4n) is 9.34. The van der Waals surface area contributed by atoms with Crippen LogP contribution in [0.3, 0.4) is 0 Å². The van der Waals surface area contributed by atoms with E-state index in [0.29, 0.717) is 35.0 Å². The highest BCUT2D eigenvalue weighted by Gasteiger charge is 2.65. The summed E-state index contributed by atoms with van der Waals surface area (Å²) in [6.07, 6.45) is 14.5. The van der Waals surface area contributed by atoms with Crippen LogP contribution >= 0.6 is 0 Å². The van der Waals surface area contributed by atoms with E-state index in [2.05, 4.69) is 53.7 Å². The average Bonchev–Trinajstić information content (AvgIpc) is 3.20. The van der Waals surface area contributed by atoms with Gasteiger partial charge >= 0.3 is 5.97 Å². The highest BCUT2D eigenvalue weighted by molar-refractivity contribution is 5.92. The summed E-state index contributed by atoms with van der Waals surface area (Å²) in [6.45, 7) is 16.2. The third-order valence-electron chi connectivity index (χ3n) is 11.6. The second-order valence-electron chi connectivity index (χ2n) is 13.2. The van der Waals surface area contributed by atoms with Crippen LogP contribution in [0.15, 0.2) is 35.1 Å². The topological polar surface area (TPSA) is 43.4 Å². The molecular weight excluding hydrogens is 408 g/mol. The van der Waals surface area contributed by atoms with Crippen molar-refractivity contribution in [1.82, 2.24) is 0 Å². The van der Waals surface area contributed by atoms with Crippen molar-refractivity contribution in [3.05, 3.63) is 35.1 Å². The van der Waals surface area contributed by atoms with E-state index in [-0.39, 0.29) is 27.6 Å². The molecule has 4 aliphatic carbocycles. The van der Waals surface area contributed by atoms with Crippen LogP contribution < -0.4 is 0 Å². The molecule has 180 valence electrons. The molecule has 3 heteroatoms. The summed E-state index contributed by atoms with van der Waals surface area (Å²) < 4.78 is 5.48. The summed E-state index contributed by atoms with van der Waals surface area (Å²) in [6, 6.07) is 0. The second-order valence-corrected chi connectivity index (χ2v) is 13.2. The van der Waals surface area contributed by atoms with Gasteiger partial charge in [0.1, 0.15) is 11.5 Å². The van der Waals surface area contributed by atoms with Crippen LogP contribution in [-0.2, 0) is 14.3 Å². The summed E-state index contributed by atoms with van der Waals surface area (Å²) in [4.78, 5) is 24.6. The number of hydrogen-bond donors (Lipinski definition) is 0. The Kier molecular flexibility index (Phi) is 5.03. The van der Waals surface area contributed by atoms with E-state index < -0.39 is 0 Å². The lowest BCUT2D eigenvalue weighted by molar-refractivity contribution is -0.146. The van der Waals surface area contributed by atoms with Crippen LogP contribution in [0.1, 0.15) is 93.4 Å². The first-order valence-corrected chi connectivity index (χ1v) is 13.2. The molecule has 0 aromatic rings. The van der Waals surface area contributed by atoms with Gasteiger partial charge in [-0.05, 0) is 97.5 Å². The highest BCUT2D eigenvalue weighted by Crippen LogP contribution is 2.73. The Balaban J connectivity index is 1.47. The Hall–Kier alpha value is -1.64. The lowest BCUT2D eigenvalue weighted by Gasteiger charge is -2.63. The van der Waals surface area contributed by atoms with Gasteiger partial charge in [-0.25, -0.2) is 4.79 Å². The zero-order chi connectivity index (χ0) is 24.0. The summed E-state index contributed by atoms with van der Waals surface area (Å²) in [5, 5.41) is 0. The van der Waals surface area contributed by atoms with Crippen molar-refractivity contribution in [2.45, 2.75) is 93.4 Å². The molecule has 5 rings (SSSR count). The van der Waals surface area contributed by atoms with E-state index in [4.69, 9.17) is 4.74 Å². The predicted octanol–water partition coefficient (Wildman–Crippen LogP) is 7.18. The van der Waals surface area contributed by atoms with Crippen LogP contribution in [0.5, 0.6) is 0 Å². The molecule has 33 heavy (non-hydrogen) atoms. The molecule has 3 fully saturated rings. The van der Waals surface area contributed by atoms with E-state index in [0.717, 1.165) is 25.0 Å². The van der Waals surface area contributed by atoms with Gasteiger partial charge in [0.25, 0.3) is 0 Å². The van der Waals surface area contributed by atoms with Crippen molar-refractivity contribution < 1.29 is 14.3 Å². The zero-order valence-corrected chi connectivity index (χ0v) is 21.7. The van der Waals surface area contributed by atoms with Gasteiger partial charge in [-0.15, -0.1) is 0 Å². The molecule has 3 saturated carbocycles. The maximum Gasteiger partial charge on any atom is 0.339 e. The van der Waals surface area contributed by atoms with Crippen molar-refractivity contribution in [2.75, 3.05) is 0 Å². The first kappa shape index (κ1) is 23.1. The Bertz CT molecular complexity index is 996. The molecule has 5 aliphatic rings. The lowest BCUT2D eigenvalue weighted by atomic mass is 9.41. The van der Waals surface area contributed by atoms with Crippen LogP contribution in [-0.4, -0.2) is 11.8 Å². The normalized spacial score (nSPS) is 46.2. The average molecular weight is 451 g/mol. The fraction of sp³-hybridized carbons (Fsp3) is 0.733. The van der Waals surface area contributed by atoms with E-state index in [9.17, 15) is 9.59 Å². The van der Waals surface area contributed by atoms with Gasteiger partial charge in [0.05, 0.1) is 0 Å². The zero-order valence-electron chi connectivity index (χ0n) is 21.7. The predicted molar refractivity (Wildman–Crippen MR) is 131 cm³/mol. The van der Waals surface area contributed by atoms with Crippen LogP contribution in [0, 0.1) is 45.3 Å². The number of esters is 1. The Morgan fingerprint density at radius 1 is 1.06 bits per heavy atom. The molecule has 1 aliphatic heterocycles. The molecule has 0 amide bonds. The van der Waals surface area contributed by atoms with Gasteiger partial charge in [0.15, 0.2) is 0 Å². The number of cyclic esters (lactones) is 1. The van der Waals surface area contributed by atoms with E-state index >= 15 is 0 Å². The fourth-order valence-corrected chi connectivity index (χ4v) is 9.34. The summed E-state index contributed by atoms with van der Waals surface area (Å²) in [5.41, 5.74) is 2.89. The molecule has 3 nitrogen and oxygen atoms in total. The minimum atomic E-state index is -0.208. The van der Waals surface area contributed by atoms with Gasteiger partial charge in [-0.3, -0.25) is 4.79 Å². The monoisotopic (exact) mass is 450 g/mol. The lowest BCUT2D eigenvalue weighted by Crippen LogP contribution is -2.57. The first-order valence-electron chi connectivity index (χ1n) is 13.2. The van der Waals surface area contributed by atoms with Crippen LogP contribution in [0.25, 0.3) is 0 Å². The van der Waals surface area contributed by atoms with E-state index in [1.807, 2.05) is 13.0 Å². The number of Topliss-reactive ketones (excluding diaryl/α,β-unsaturated/α-hetero) is 1. The first-order chi connectivity index (χ1) is 15.3. The number of hydrogen-bond acceptors (Lipinski definition) is 3.